The molecule has 0 aliphatic rings. The zero-order valence-corrected chi connectivity index (χ0v) is 20.7. The summed E-state index contributed by atoms with van der Waals surface area (Å²) < 4.78 is 6.92. The molecule has 0 aromatic heterocycles. The van der Waals surface area contributed by atoms with Crippen LogP contribution >= 0.6 is 23.2 Å². The first-order valence-corrected chi connectivity index (χ1v) is 11.8. The maximum atomic E-state index is 6.92. The van der Waals surface area contributed by atoms with E-state index in [4.69, 9.17) is 27.9 Å². The van der Waals surface area contributed by atoms with Crippen molar-refractivity contribution in [3.63, 3.8) is 0 Å². The van der Waals surface area contributed by atoms with Gasteiger partial charge in [0.1, 0.15) is 11.5 Å². The molecule has 0 atom stereocenters. The number of hydrogen-bond acceptors (Lipinski definition) is 1. The van der Waals surface area contributed by atoms with Crippen LogP contribution < -0.4 is 4.74 Å². The molecule has 0 aliphatic heterocycles. The molecule has 160 valence electrons. The highest BCUT2D eigenvalue weighted by Gasteiger charge is 2.24. The van der Waals surface area contributed by atoms with Crippen molar-refractivity contribution in [2.24, 2.45) is 0 Å². The van der Waals surface area contributed by atoms with Gasteiger partial charge in [-0.3, -0.25) is 0 Å². The Kier molecular flexibility index (Phi) is 8.49. The van der Waals surface area contributed by atoms with E-state index in [0.29, 0.717) is 35.4 Å². The molecular weight excluding hydrogens is 399 g/mol. The van der Waals surface area contributed by atoms with Gasteiger partial charge in [0.25, 0.3) is 0 Å². The third-order valence-corrected chi connectivity index (χ3v) is 6.10. The van der Waals surface area contributed by atoms with Crippen molar-refractivity contribution in [3.8, 4) is 11.5 Å². The summed E-state index contributed by atoms with van der Waals surface area (Å²) in [5.41, 5.74) is 7.17. The van der Waals surface area contributed by atoms with Crippen molar-refractivity contribution in [1.29, 1.82) is 0 Å². The summed E-state index contributed by atoms with van der Waals surface area (Å²) >= 11 is 12.6. The molecule has 2 rings (SSSR count). The van der Waals surface area contributed by atoms with Gasteiger partial charge in [-0.15, -0.1) is 23.2 Å². The second-order valence-corrected chi connectivity index (χ2v) is 9.64. The Morgan fingerprint density at radius 1 is 0.586 bits per heavy atom. The van der Waals surface area contributed by atoms with Gasteiger partial charge in [0.05, 0.1) is 0 Å². The van der Waals surface area contributed by atoms with E-state index in [9.17, 15) is 0 Å². The maximum Gasteiger partial charge on any atom is 0.134 e. The molecule has 0 unspecified atom stereocenters. The normalized spacial score (nSPS) is 11.9. The Labute approximate surface area is 187 Å². The number of halogens is 2. The van der Waals surface area contributed by atoms with E-state index in [1.807, 2.05) is 0 Å². The molecule has 0 bridgehead atoms. The molecule has 0 radical (unpaired) electrons. The summed E-state index contributed by atoms with van der Waals surface area (Å²) in [5.74, 6) is 4.27. The van der Waals surface area contributed by atoms with Gasteiger partial charge < -0.3 is 4.74 Å². The van der Waals surface area contributed by atoms with Crippen molar-refractivity contribution in [2.45, 2.75) is 90.8 Å². The van der Waals surface area contributed by atoms with Crippen LogP contribution in [0.1, 0.15) is 112 Å². The van der Waals surface area contributed by atoms with Crippen LogP contribution in [0.3, 0.4) is 0 Å². The van der Waals surface area contributed by atoms with Crippen molar-refractivity contribution >= 4 is 23.2 Å². The van der Waals surface area contributed by atoms with Crippen molar-refractivity contribution in [2.75, 3.05) is 0 Å². The van der Waals surface area contributed by atoms with E-state index < -0.39 is 0 Å². The maximum absolute atomic E-state index is 6.92. The van der Waals surface area contributed by atoms with Crippen molar-refractivity contribution in [1.82, 2.24) is 0 Å². The lowest BCUT2D eigenvalue weighted by Crippen LogP contribution is -2.08. The van der Waals surface area contributed by atoms with E-state index in [0.717, 1.165) is 22.6 Å². The van der Waals surface area contributed by atoms with E-state index in [2.05, 4.69) is 79.7 Å². The first kappa shape index (κ1) is 24.1. The van der Waals surface area contributed by atoms with Crippen LogP contribution in [-0.2, 0) is 11.8 Å². The average Bonchev–Trinajstić information content (AvgIpc) is 2.65. The molecule has 29 heavy (non-hydrogen) atoms. The van der Waals surface area contributed by atoms with Crippen LogP contribution in [0.15, 0.2) is 24.3 Å². The van der Waals surface area contributed by atoms with Crippen LogP contribution in [-0.4, -0.2) is 0 Å². The van der Waals surface area contributed by atoms with Crippen LogP contribution in [0.4, 0.5) is 0 Å². The fourth-order valence-electron chi connectivity index (χ4n) is 4.05. The number of alkyl halides is 2. The van der Waals surface area contributed by atoms with E-state index in [1.54, 1.807) is 0 Å². The van der Waals surface area contributed by atoms with Gasteiger partial charge in [0.15, 0.2) is 0 Å². The van der Waals surface area contributed by atoms with Gasteiger partial charge in [0.2, 0.25) is 0 Å². The minimum absolute atomic E-state index is 0.318. The molecule has 1 nitrogen and oxygen atoms in total. The summed E-state index contributed by atoms with van der Waals surface area (Å²) in [4.78, 5) is 0. The Morgan fingerprint density at radius 3 is 1.17 bits per heavy atom. The molecular formula is C26H36Cl2O. The summed E-state index contributed by atoms with van der Waals surface area (Å²) in [6, 6.07) is 8.68. The van der Waals surface area contributed by atoms with Gasteiger partial charge in [0, 0.05) is 22.9 Å². The molecule has 2 aromatic rings. The Morgan fingerprint density at radius 2 is 0.931 bits per heavy atom. The van der Waals surface area contributed by atoms with Gasteiger partial charge >= 0.3 is 0 Å². The van der Waals surface area contributed by atoms with Crippen LogP contribution in [0.25, 0.3) is 0 Å². The van der Waals surface area contributed by atoms with Crippen LogP contribution in [0, 0.1) is 0 Å². The van der Waals surface area contributed by atoms with E-state index in [1.165, 1.54) is 22.3 Å². The third-order valence-electron chi connectivity index (χ3n) is 5.52. The zero-order chi connectivity index (χ0) is 21.9. The van der Waals surface area contributed by atoms with Gasteiger partial charge in [-0.25, -0.2) is 0 Å². The lowest BCUT2D eigenvalue weighted by atomic mass is 9.88. The standard InChI is InChI=1S/C26H36Cl2O/c1-15(2)21-11-9-19(13-27)23(17(5)6)25(21)29-26-22(16(3)4)12-10-20(14-28)24(26)18(7)8/h9-12,15-18H,13-14H2,1-8H3. The summed E-state index contributed by atoms with van der Waals surface area (Å²) in [7, 11) is 0. The smallest absolute Gasteiger partial charge is 0.134 e. The van der Waals surface area contributed by atoms with Crippen LogP contribution in [0.5, 0.6) is 11.5 Å². The number of benzene rings is 2. The highest BCUT2D eigenvalue weighted by Crippen LogP contribution is 2.45. The van der Waals surface area contributed by atoms with Gasteiger partial charge in [-0.2, -0.15) is 0 Å². The topological polar surface area (TPSA) is 9.23 Å². The summed E-state index contributed by atoms with van der Waals surface area (Å²) in [6.07, 6.45) is 0. The minimum Gasteiger partial charge on any atom is -0.456 e. The first-order chi connectivity index (χ1) is 13.6. The number of rotatable bonds is 8. The molecule has 0 spiro atoms. The molecule has 0 aliphatic carbocycles. The molecule has 0 N–H and O–H groups in total. The fourth-order valence-corrected chi connectivity index (χ4v) is 4.52. The highest BCUT2D eigenvalue weighted by molar-refractivity contribution is 6.17. The average molecular weight is 435 g/mol. The van der Waals surface area contributed by atoms with Crippen LogP contribution in [0.2, 0.25) is 0 Å². The molecule has 0 saturated heterocycles. The monoisotopic (exact) mass is 434 g/mol. The third kappa shape index (κ3) is 5.12. The van der Waals surface area contributed by atoms with E-state index in [-0.39, 0.29) is 0 Å². The Balaban J connectivity index is 2.86. The van der Waals surface area contributed by atoms with Crippen molar-refractivity contribution in [3.05, 3.63) is 57.6 Å². The molecule has 2 aromatic carbocycles. The molecule has 0 fully saturated rings. The lowest BCUT2D eigenvalue weighted by Gasteiger charge is -2.27. The molecule has 0 saturated carbocycles. The predicted molar refractivity (Wildman–Crippen MR) is 128 cm³/mol. The van der Waals surface area contributed by atoms with E-state index >= 15 is 0 Å². The SMILES string of the molecule is CC(C)c1ccc(CCl)c(C(C)C)c1Oc1c(C(C)C)ccc(CCl)c1C(C)C. The summed E-state index contributed by atoms with van der Waals surface area (Å²) in [6.45, 7) is 17.7. The fraction of sp³-hybridized carbons (Fsp3) is 0.538. The number of hydrogen-bond donors (Lipinski definition) is 0. The highest BCUT2D eigenvalue weighted by atomic mass is 35.5. The lowest BCUT2D eigenvalue weighted by molar-refractivity contribution is 0.445. The van der Waals surface area contributed by atoms with Gasteiger partial charge in [-0.1, -0.05) is 79.7 Å². The predicted octanol–water partition coefficient (Wildman–Crippen LogP) is 9.45. The number of ether oxygens (including phenoxy) is 1. The largest absolute Gasteiger partial charge is 0.456 e. The molecule has 3 heteroatoms. The molecule has 0 heterocycles. The molecule has 0 amide bonds. The zero-order valence-electron chi connectivity index (χ0n) is 19.2. The summed E-state index contributed by atoms with van der Waals surface area (Å²) in [5, 5.41) is 0. The second-order valence-electron chi connectivity index (χ2n) is 9.10. The minimum atomic E-state index is 0.318. The second kappa shape index (κ2) is 10.2. The van der Waals surface area contributed by atoms with Gasteiger partial charge in [-0.05, 0) is 45.9 Å². The quantitative estimate of drug-likeness (QED) is 0.375. The first-order valence-electron chi connectivity index (χ1n) is 10.7. The Bertz CT molecular complexity index is 766. The Hall–Kier alpha value is -1.18. The van der Waals surface area contributed by atoms with Crippen molar-refractivity contribution < 1.29 is 4.74 Å².